The lowest BCUT2D eigenvalue weighted by Gasteiger charge is -2.05. The maximum Gasteiger partial charge on any atom is 0.149 e. The van der Waals surface area contributed by atoms with Crippen molar-refractivity contribution < 1.29 is 8.78 Å². The molecule has 1 heterocycles. The minimum atomic E-state index is -0.578. The molecule has 0 saturated carbocycles. The van der Waals surface area contributed by atoms with Gasteiger partial charge >= 0.3 is 0 Å². The van der Waals surface area contributed by atoms with E-state index in [9.17, 15) is 8.78 Å². The van der Waals surface area contributed by atoms with E-state index < -0.39 is 11.6 Å². The second kappa shape index (κ2) is 5.23. The van der Waals surface area contributed by atoms with Crippen molar-refractivity contribution in [2.45, 2.75) is 19.9 Å². The van der Waals surface area contributed by atoms with Gasteiger partial charge in [0, 0.05) is 17.1 Å². The number of anilines is 1. The van der Waals surface area contributed by atoms with Crippen LogP contribution in [0.15, 0.2) is 24.4 Å². The Morgan fingerprint density at radius 1 is 1.35 bits per heavy atom. The Morgan fingerprint density at radius 3 is 2.82 bits per heavy atom. The number of halogens is 2. The van der Waals surface area contributed by atoms with Crippen LogP contribution in [0.25, 0.3) is 0 Å². The predicted octanol–water partition coefficient (Wildman–Crippen LogP) is 3.60. The van der Waals surface area contributed by atoms with E-state index in [4.69, 9.17) is 0 Å². The van der Waals surface area contributed by atoms with E-state index in [1.165, 1.54) is 12.1 Å². The molecule has 2 aromatic rings. The Hall–Kier alpha value is -1.49. The van der Waals surface area contributed by atoms with Gasteiger partial charge in [0.2, 0.25) is 0 Å². The first-order chi connectivity index (χ1) is 8.19. The SMILES string of the molecule is CCc1ncc(CNc2ccc(F)cc2F)s1. The van der Waals surface area contributed by atoms with Crippen LogP contribution in [0.1, 0.15) is 16.8 Å². The quantitative estimate of drug-likeness (QED) is 0.901. The van der Waals surface area contributed by atoms with Crippen molar-refractivity contribution in [1.82, 2.24) is 4.98 Å². The molecule has 2 nitrogen and oxygen atoms in total. The summed E-state index contributed by atoms with van der Waals surface area (Å²) in [6.45, 7) is 2.54. The van der Waals surface area contributed by atoms with E-state index in [-0.39, 0.29) is 0 Å². The molecule has 17 heavy (non-hydrogen) atoms. The Bertz CT molecular complexity index is 511. The van der Waals surface area contributed by atoms with Gasteiger partial charge in [0.05, 0.1) is 17.2 Å². The molecule has 0 saturated heterocycles. The zero-order valence-corrected chi connectivity index (χ0v) is 10.2. The molecule has 90 valence electrons. The normalized spacial score (nSPS) is 10.5. The number of thiazole rings is 1. The van der Waals surface area contributed by atoms with Gasteiger partial charge < -0.3 is 5.32 Å². The molecule has 1 aromatic heterocycles. The summed E-state index contributed by atoms with van der Waals surface area (Å²) in [6.07, 6.45) is 2.67. The van der Waals surface area contributed by atoms with E-state index in [0.717, 1.165) is 22.4 Å². The summed E-state index contributed by atoms with van der Waals surface area (Å²) in [6, 6.07) is 3.49. The van der Waals surface area contributed by atoms with Crippen LogP contribution in [-0.2, 0) is 13.0 Å². The Labute approximate surface area is 102 Å². The summed E-state index contributed by atoms with van der Waals surface area (Å²) in [5, 5.41) is 3.98. The molecule has 0 aliphatic rings. The molecule has 1 aromatic carbocycles. The van der Waals surface area contributed by atoms with Crippen molar-refractivity contribution in [1.29, 1.82) is 0 Å². The Kier molecular flexibility index (Phi) is 3.68. The lowest BCUT2D eigenvalue weighted by molar-refractivity contribution is 0.585. The smallest absolute Gasteiger partial charge is 0.149 e. The molecule has 0 bridgehead atoms. The number of benzene rings is 1. The van der Waals surface area contributed by atoms with Crippen LogP contribution in [0.4, 0.5) is 14.5 Å². The van der Waals surface area contributed by atoms with Crippen LogP contribution in [0.2, 0.25) is 0 Å². The number of aromatic nitrogens is 1. The number of nitrogens with zero attached hydrogens (tertiary/aromatic N) is 1. The summed E-state index contributed by atoms with van der Waals surface area (Å²) in [4.78, 5) is 5.24. The summed E-state index contributed by atoms with van der Waals surface area (Å²) in [7, 11) is 0. The van der Waals surface area contributed by atoms with Gasteiger partial charge in [0.1, 0.15) is 11.6 Å². The van der Waals surface area contributed by atoms with E-state index in [0.29, 0.717) is 12.2 Å². The zero-order chi connectivity index (χ0) is 12.3. The lowest BCUT2D eigenvalue weighted by atomic mass is 10.3. The van der Waals surface area contributed by atoms with Crippen LogP contribution in [-0.4, -0.2) is 4.98 Å². The fraction of sp³-hybridized carbons (Fsp3) is 0.250. The number of hydrogen-bond donors (Lipinski definition) is 1. The number of nitrogens with one attached hydrogen (secondary N) is 1. The topological polar surface area (TPSA) is 24.9 Å². The van der Waals surface area contributed by atoms with Crippen molar-refractivity contribution in [3.8, 4) is 0 Å². The van der Waals surface area contributed by atoms with Crippen LogP contribution in [0.3, 0.4) is 0 Å². The van der Waals surface area contributed by atoms with Gasteiger partial charge in [0.25, 0.3) is 0 Å². The Morgan fingerprint density at radius 2 is 2.18 bits per heavy atom. The summed E-state index contributed by atoms with van der Waals surface area (Å²) in [5.41, 5.74) is 0.304. The molecule has 0 spiro atoms. The number of aryl methyl sites for hydroxylation is 1. The monoisotopic (exact) mass is 254 g/mol. The van der Waals surface area contributed by atoms with Crippen molar-refractivity contribution >= 4 is 17.0 Å². The molecule has 0 atom stereocenters. The molecule has 0 unspecified atom stereocenters. The van der Waals surface area contributed by atoms with Crippen molar-refractivity contribution in [3.05, 3.63) is 45.9 Å². The molecule has 0 aliphatic carbocycles. The van der Waals surface area contributed by atoms with Crippen molar-refractivity contribution in [3.63, 3.8) is 0 Å². The molecule has 2 rings (SSSR count). The molecule has 0 fully saturated rings. The highest BCUT2D eigenvalue weighted by molar-refractivity contribution is 7.11. The summed E-state index contributed by atoms with van der Waals surface area (Å²) < 4.78 is 26.0. The first-order valence-corrected chi connectivity index (χ1v) is 6.13. The third-order valence-corrected chi connectivity index (χ3v) is 3.43. The first kappa shape index (κ1) is 12.0. The molecular weight excluding hydrogens is 242 g/mol. The average Bonchev–Trinajstić information content (AvgIpc) is 2.76. The predicted molar refractivity (Wildman–Crippen MR) is 65.2 cm³/mol. The largest absolute Gasteiger partial charge is 0.378 e. The molecule has 0 aliphatic heterocycles. The van der Waals surface area contributed by atoms with Crippen molar-refractivity contribution in [2.24, 2.45) is 0 Å². The third kappa shape index (κ3) is 3.00. The highest BCUT2D eigenvalue weighted by Crippen LogP contribution is 2.18. The number of hydrogen-bond acceptors (Lipinski definition) is 3. The van der Waals surface area contributed by atoms with Crippen molar-refractivity contribution in [2.75, 3.05) is 5.32 Å². The number of rotatable bonds is 4. The second-order valence-corrected chi connectivity index (χ2v) is 4.75. The van der Waals surface area contributed by atoms with Gasteiger partial charge in [-0.05, 0) is 18.6 Å². The van der Waals surface area contributed by atoms with Crippen LogP contribution < -0.4 is 5.32 Å². The third-order valence-electron chi connectivity index (χ3n) is 2.29. The fourth-order valence-electron chi connectivity index (χ4n) is 1.41. The maximum absolute atomic E-state index is 13.3. The first-order valence-electron chi connectivity index (χ1n) is 5.31. The highest BCUT2D eigenvalue weighted by atomic mass is 32.1. The molecule has 1 N–H and O–H groups in total. The van der Waals surface area contributed by atoms with Crippen LogP contribution >= 0.6 is 11.3 Å². The average molecular weight is 254 g/mol. The maximum atomic E-state index is 13.3. The van der Waals surface area contributed by atoms with Gasteiger partial charge in [-0.15, -0.1) is 11.3 Å². The summed E-state index contributed by atoms with van der Waals surface area (Å²) in [5.74, 6) is -1.15. The highest BCUT2D eigenvalue weighted by Gasteiger charge is 2.04. The minimum absolute atomic E-state index is 0.304. The van der Waals surface area contributed by atoms with E-state index in [1.54, 1.807) is 17.5 Å². The fourth-order valence-corrected chi connectivity index (χ4v) is 2.21. The van der Waals surface area contributed by atoms with Gasteiger partial charge in [-0.2, -0.15) is 0 Å². The Balaban J connectivity index is 2.02. The molecule has 0 amide bonds. The van der Waals surface area contributed by atoms with Gasteiger partial charge in [-0.1, -0.05) is 6.92 Å². The summed E-state index contributed by atoms with van der Waals surface area (Å²) >= 11 is 1.59. The van der Waals surface area contributed by atoms with Gasteiger partial charge in [0.15, 0.2) is 0 Å². The second-order valence-electron chi connectivity index (χ2n) is 3.55. The zero-order valence-electron chi connectivity index (χ0n) is 9.34. The molecule has 5 heteroatoms. The molecular formula is C12H12F2N2S. The van der Waals surface area contributed by atoms with E-state index in [2.05, 4.69) is 10.3 Å². The van der Waals surface area contributed by atoms with E-state index in [1.807, 2.05) is 6.92 Å². The standard InChI is InChI=1S/C12H12F2N2S/c1-2-12-16-7-9(17-12)6-15-11-4-3-8(13)5-10(11)14/h3-5,7,15H,2,6H2,1H3. The van der Waals surface area contributed by atoms with Gasteiger partial charge in [-0.3, -0.25) is 0 Å². The molecule has 0 radical (unpaired) electrons. The van der Waals surface area contributed by atoms with E-state index >= 15 is 0 Å². The van der Waals surface area contributed by atoms with Crippen LogP contribution in [0.5, 0.6) is 0 Å². The minimum Gasteiger partial charge on any atom is -0.378 e. The lowest BCUT2D eigenvalue weighted by Crippen LogP contribution is -2.00. The van der Waals surface area contributed by atoms with Crippen LogP contribution in [0, 0.1) is 11.6 Å². The van der Waals surface area contributed by atoms with Gasteiger partial charge in [-0.25, -0.2) is 13.8 Å².